The van der Waals surface area contributed by atoms with E-state index in [0.717, 1.165) is 47.3 Å². The summed E-state index contributed by atoms with van der Waals surface area (Å²) in [5, 5.41) is 0. The van der Waals surface area contributed by atoms with Gasteiger partial charge in [0.25, 0.3) is 0 Å². The van der Waals surface area contributed by atoms with E-state index >= 15 is 0 Å². The minimum atomic E-state index is 0.318. The standard InChI is InChI=1S/C30H52O/c1-8-22(20(2)3)10-9-21(4)26-13-14-27-25-12-11-23-19-24(31-7)15-17-29(23,5)28(25)16-18-30(26,27)6/h7,20-28H,8-19H2,1-6H3. The van der Waals surface area contributed by atoms with Gasteiger partial charge in [-0.05, 0) is 122 Å². The summed E-state index contributed by atoms with van der Waals surface area (Å²) in [4.78, 5) is 0. The zero-order valence-corrected chi connectivity index (χ0v) is 21.7. The monoisotopic (exact) mass is 428 g/mol. The maximum absolute atomic E-state index is 5.60. The lowest BCUT2D eigenvalue weighted by Gasteiger charge is -2.61. The fourth-order valence-corrected chi connectivity index (χ4v) is 10.0. The zero-order chi connectivity index (χ0) is 22.4. The van der Waals surface area contributed by atoms with Crippen LogP contribution < -0.4 is 0 Å². The Morgan fingerprint density at radius 3 is 2.26 bits per heavy atom. The molecule has 0 N–H and O–H groups in total. The van der Waals surface area contributed by atoms with Crippen molar-refractivity contribution in [3.05, 3.63) is 7.11 Å². The molecule has 0 bridgehead atoms. The zero-order valence-electron chi connectivity index (χ0n) is 21.7. The molecule has 0 heterocycles. The summed E-state index contributed by atoms with van der Waals surface area (Å²) >= 11 is 0. The van der Waals surface area contributed by atoms with Crippen molar-refractivity contribution in [1.82, 2.24) is 0 Å². The molecule has 4 aliphatic rings. The molecule has 10 unspecified atom stereocenters. The molecule has 4 fully saturated rings. The summed E-state index contributed by atoms with van der Waals surface area (Å²) in [5.74, 6) is 7.43. The number of hydrogen-bond donors (Lipinski definition) is 0. The van der Waals surface area contributed by atoms with Crippen LogP contribution in [0.15, 0.2) is 0 Å². The third-order valence-electron chi connectivity index (χ3n) is 12.0. The summed E-state index contributed by atoms with van der Waals surface area (Å²) in [5.41, 5.74) is 1.16. The van der Waals surface area contributed by atoms with Gasteiger partial charge in [0, 0.05) is 0 Å². The minimum absolute atomic E-state index is 0.318. The van der Waals surface area contributed by atoms with Crippen molar-refractivity contribution in [3.8, 4) is 0 Å². The summed E-state index contributed by atoms with van der Waals surface area (Å²) in [6.45, 7) is 15.3. The topological polar surface area (TPSA) is 9.23 Å². The van der Waals surface area contributed by atoms with Crippen molar-refractivity contribution in [1.29, 1.82) is 0 Å². The van der Waals surface area contributed by atoms with Gasteiger partial charge < -0.3 is 4.74 Å². The van der Waals surface area contributed by atoms with Gasteiger partial charge >= 0.3 is 0 Å². The van der Waals surface area contributed by atoms with E-state index in [4.69, 9.17) is 11.8 Å². The average molecular weight is 429 g/mol. The summed E-state index contributed by atoms with van der Waals surface area (Å²) < 4.78 is 5.31. The van der Waals surface area contributed by atoms with Crippen molar-refractivity contribution >= 4 is 0 Å². The predicted molar refractivity (Wildman–Crippen MR) is 131 cm³/mol. The van der Waals surface area contributed by atoms with Crippen molar-refractivity contribution in [2.45, 2.75) is 125 Å². The first-order chi connectivity index (χ1) is 14.7. The molecule has 4 rings (SSSR count). The third kappa shape index (κ3) is 4.17. The molecule has 4 saturated carbocycles. The van der Waals surface area contributed by atoms with E-state index in [0.29, 0.717) is 16.9 Å². The molecule has 178 valence electrons. The fraction of sp³-hybridized carbons (Fsp3) is 0.967. The first-order valence-corrected chi connectivity index (χ1v) is 14.1. The van der Waals surface area contributed by atoms with E-state index in [9.17, 15) is 0 Å². The Morgan fingerprint density at radius 1 is 0.871 bits per heavy atom. The average Bonchev–Trinajstić information content (AvgIpc) is 3.10. The molecule has 0 aromatic carbocycles. The Hall–Kier alpha value is -0.0400. The quantitative estimate of drug-likeness (QED) is 0.393. The highest BCUT2D eigenvalue weighted by Crippen LogP contribution is 2.68. The molecule has 0 aromatic rings. The number of fused-ring (bicyclic) bond motifs is 5. The molecule has 1 nitrogen and oxygen atoms in total. The minimum Gasteiger partial charge on any atom is -0.369 e. The van der Waals surface area contributed by atoms with Gasteiger partial charge in [0.15, 0.2) is 0 Å². The second-order valence-corrected chi connectivity index (χ2v) is 13.4. The molecule has 4 aliphatic carbocycles. The van der Waals surface area contributed by atoms with Crippen molar-refractivity contribution < 1.29 is 4.74 Å². The van der Waals surface area contributed by atoms with Gasteiger partial charge in [0.2, 0.25) is 0 Å². The van der Waals surface area contributed by atoms with Crippen LogP contribution >= 0.6 is 0 Å². The molecule has 31 heavy (non-hydrogen) atoms. The van der Waals surface area contributed by atoms with Gasteiger partial charge in [0.1, 0.15) is 7.11 Å². The Morgan fingerprint density at radius 2 is 1.58 bits per heavy atom. The Kier molecular flexibility index (Phi) is 7.23. The van der Waals surface area contributed by atoms with Crippen LogP contribution in [-0.2, 0) is 4.74 Å². The van der Waals surface area contributed by atoms with E-state index < -0.39 is 0 Å². The maximum Gasteiger partial charge on any atom is 0.115 e. The highest BCUT2D eigenvalue weighted by atomic mass is 16.5. The van der Waals surface area contributed by atoms with Gasteiger partial charge in [-0.1, -0.05) is 54.4 Å². The highest BCUT2D eigenvalue weighted by Gasteiger charge is 2.60. The summed E-state index contributed by atoms with van der Waals surface area (Å²) in [6.07, 6.45) is 17.2. The molecular weight excluding hydrogens is 376 g/mol. The van der Waals surface area contributed by atoms with Crippen molar-refractivity contribution in [3.63, 3.8) is 0 Å². The Balaban J connectivity index is 1.44. The van der Waals surface area contributed by atoms with Gasteiger partial charge in [0.05, 0.1) is 6.10 Å². The third-order valence-corrected chi connectivity index (χ3v) is 12.0. The van der Waals surface area contributed by atoms with Crippen LogP contribution in [0.3, 0.4) is 0 Å². The van der Waals surface area contributed by atoms with Gasteiger partial charge in [-0.25, -0.2) is 0 Å². The maximum atomic E-state index is 5.60. The first kappa shape index (κ1) is 24.1. The normalized spacial score (nSPS) is 46.8. The fourth-order valence-electron chi connectivity index (χ4n) is 10.0. The van der Waals surface area contributed by atoms with Gasteiger partial charge in [-0.2, -0.15) is 0 Å². The Bertz CT molecular complexity index is 597. The lowest BCUT2D eigenvalue weighted by molar-refractivity contribution is -0.130. The van der Waals surface area contributed by atoms with E-state index in [1.54, 1.807) is 0 Å². The molecule has 1 heteroatoms. The van der Waals surface area contributed by atoms with Crippen molar-refractivity contribution in [2.75, 3.05) is 0 Å². The number of rotatable bonds is 7. The van der Waals surface area contributed by atoms with Crippen molar-refractivity contribution in [2.24, 2.45) is 58.2 Å². The molecule has 0 aliphatic heterocycles. The van der Waals surface area contributed by atoms with Gasteiger partial charge in [-0.3, -0.25) is 0 Å². The van der Waals surface area contributed by atoms with Crippen LogP contribution in [0.25, 0.3) is 0 Å². The van der Waals surface area contributed by atoms with E-state index in [-0.39, 0.29) is 0 Å². The lowest BCUT2D eigenvalue weighted by Crippen LogP contribution is -2.54. The Labute approximate surface area is 194 Å². The summed E-state index contributed by atoms with van der Waals surface area (Å²) in [6, 6.07) is 0. The van der Waals surface area contributed by atoms with Crippen LogP contribution in [0.5, 0.6) is 0 Å². The van der Waals surface area contributed by atoms with Crippen LogP contribution in [-0.4, -0.2) is 6.10 Å². The highest BCUT2D eigenvalue weighted by molar-refractivity contribution is 5.09. The molecular formula is C30H52O. The molecule has 2 radical (unpaired) electrons. The number of hydrogen-bond acceptors (Lipinski definition) is 1. The molecule has 0 amide bonds. The van der Waals surface area contributed by atoms with Crippen LogP contribution in [0.4, 0.5) is 0 Å². The predicted octanol–water partition coefficient (Wildman–Crippen LogP) is 8.80. The second kappa shape index (κ2) is 9.31. The summed E-state index contributed by atoms with van der Waals surface area (Å²) in [7, 11) is 5.60. The van der Waals surface area contributed by atoms with E-state index in [1.807, 2.05) is 0 Å². The molecule has 0 aromatic heterocycles. The van der Waals surface area contributed by atoms with Gasteiger partial charge in [-0.15, -0.1) is 0 Å². The molecule has 0 saturated heterocycles. The smallest absolute Gasteiger partial charge is 0.115 e. The molecule has 0 spiro atoms. The molecule has 10 atom stereocenters. The van der Waals surface area contributed by atoms with Crippen LogP contribution in [0.2, 0.25) is 0 Å². The first-order valence-electron chi connectivity index (χ1n) is 14.1. The number of ether oxygens (including phenoxy) is 1. The second-order valence-electron chi connectivity index (χ2n) is 13.4. The largest absolute Gasteiger partial charge is 0.369 e. The van der Waals surface area contributed by atoms with Crippen LogP contribution in [0, 0.1) is 65.3 Å². The van der Waals surface area contributed by atoms with E-state index in [1.165, 1.54) is 77.0 Å². The van der Waals surface area contributed by atoms with E-state index in [2.05, 4.69) is 41.5 Å². The lowest BCUT2D eigenvalue weighted by atomic mass is 9.44. The van der Waals surface area contributed by atoms with Crippen LogP contribution in [0.1, 0.15) is 119 Å². The SMILES string of the molecule is [CH]OC1CCC2(C)C(CCC3C2CCC2(C)C(C(C)CCC(CC)C(C)C)CCC32)C1.